The largest absolute Gasteiger partial charge is 0.478 e. The van der Waals surface area contributed by atoms with Crippen LogP contribution < -0.4 is 16.4 Å². The van der Waals surface area contributed by atoms with Crippen LogP contribution in [0.3, 0.4) is 0 Å². The number of aromatic nitrogens is 2. The van der Waals surface area contributed by atoms with E-state index in [0.717, 1.165) is 5.30 Å². The fourth-order valence-electron chi connectivity index (χ4n) is 5.41. The summed E-state index contributed by atoms with van der Waals surface area (Å²) in [6, 6.07) is 28.7. The number of carbonyl (C=O) groups is 2. The summed E-state index contributed by atoms with van der Waals surface area (Å²) in [7, 11) is -1.62. The second-order valence-corrected chi connectivity index (χ2v) is 11.4. The predicted octanol–water partition coefficient (Wildman–Crippen LogP) is 4.47. The molecule has 1 aromatic heterocycles. The first-order valence-corrected chi connectivity index (χ1v) is 13.6. The zero-order valence-corrected chi connectivity index (χ0v) is 21.2. The van der Waals surface area contributed by atoms with Crippen LogP contribution in [-0.4, -0.2) is 31.5 Å². The van der Waals surface area contributed by atoms with Crippen molar-refractivity contribution >= 4 is 35.9 Å². The third kappa shape index (κ3) is 3.80. The van der Waals surface area contributed by atoms with Gasteiger partial charge >= 0.3 is 11.9 Å². The highest BCUT2D eigenvalue weighted by Gasteiger charge is 2.47. The van der Waals surface area contributed by atoms with Gasteiger partial charge in [-0.05, 0) is 48.6 Å². The molecule has 0 bridgehead atoms. The van der Waals surface area contributed by atoms with Crippen molar-refractivity contribution in [1.29, 1.82) is 0 Å². The number of carboxylic acid groups (broad SMARTS) is 2. The van der Waals surface area contributed by atoms with Gasteiger partial charge in [0.2, 0.25) is 0 Å². The summed E-state index contributed by atoms with van der Waals surface area (Å²) < 4.78 is 2.71. The van der Waals surface area contributed by atoms with Crippen LogP contribution in [0.5, 0.6) is 0 Å². The minimum atomic E-state index is -1.62. The van der Waals surface area contributed by atoms with E-state index in [2.05, 4.69) is 0 Å². The van der Waals surface area contributed by atoms with Crippen LogP contribution in [0.15, 0.2) is 113 Å². The van der Waals surface area contributed by atoms with Gasteiger partial charge in [0.25, 0.3) is 11.1 Å². The molecule has 2 atom stereocenters. The molecule has 8 nitrogen and oxygen atoms in total. The Hall–Kier alpha value is -4.81. The molecule has 2 N–H and O–H groups in total. The van der Waals surface area contributed by atoms with Crippen molar-refractivity contribution < 1.29 is 19.8 Å². The molecule has 1 aliphatic heterocycles. The lowest BCUT2D eigenvalue weighted by Gasteiger charge is -2.26. The fraction of sp³-hybridized carbons (Fsp3) is 0.0667. The van der Waals surface area contributed by atoms with Crippen molar-refractivity contribution in [2.45, 2.75) is 11.6 Å². The van der Waals surface area contributed by atoms with Gasteiger partial charge in [-0.1, -0.05) is 78.9 Å². The van der Waals surface area contributed by atoms with Gasteiger partial charge in [0.05, 0.1) is 21.9 Å². The second-order valence-electron chi connectivity index (χ2n) is 9.12. The minimum absolute atomic E-state index is 0.0113. The van der Waals surface area contributed by atoms with E-state index >= 15 is 0 Å². The van der Waals surface area contributed by atoms with Crippen molar-refractivity contribution in [3.63, 3.8) is 0 Å². The summed E-state index contributed by atoms with van der Waals surface area (Å²) in [5.41, 5.74) is -0.126. The third-order valence-electron chi connectivity index (χ3n) is 7.02. The molecule has 1 aliphatic rings. The molecular formula is C30H21N2O6P. The first kappa shape index (κ1) is 24.5. The standard InChI is InChI=1S/C30H21N2O6P/c33-25-19-12-4-5-13-20(19)26(34)32-28(22-15-7-9-17-24(22)30(37)38)39(18-10-2-1-3-11-18)27(31(25)32)21-14-6-8-16-23(21)29(35)36/h1-17,27-28H,(H,35,36)(H,37,38)/t27-,28-/m0/s1. The van der Waals surface area contributed by atoms with Crippen molar-refractivity contribution in [1.82, 2.24) is 9.36 Å². The Kier molecular flexibility index (Phi) is 5.97. The summed E-state index contributed by atoms with van der Waals surface area (Å²) in [5, 5.41) is 21.4. The monoisotopic (exact) mass is 536 g/mol. The highest BCUT2D eigenvalue weighted by molar-refractivity contribution is 7.66. The number of hydrogen-bond donors (Lipinski definition) is 2. The third-order valence-corrected chi connectivity index (χ3v) is 9.96. The number of rotatable bonds is 5. The van der Waals surface area contributed by atoms with E-state index in [0.29, 0.717) is 11.1 Å². The molecule has 0 fully saturated rings. The zero-order valence-electron chi connectivity index (χ0n) is 20.3. The van der Waals surface area contributed by atoms with Gasteiger partial charge in [0.15, 0.2) is 0 Å². The lowest BCUT2D eigenvalue weighted by Crippen LogP contribution is -2.37. The van der Waals surface area contributed by atoms with E-state index < -0.39 is 42.5 Å². The molecule has 0 radical (unpaired) electrons. The Bertz CT molecular complexity index is 1780. The average molecular weight is 536 g/mol. The Morgan fingerprint density at radius 2 is 0.949 bits per heavy atom. The van der Waals surface area contributed by atoms with Crippen molar-refractivity contribution in [3.05, 3.63) is 146 Å². The lowest BCUT2D eigenvalue weighted by atomic mass is 10.1. The number of carboxylic acids is 2. The van der Waals surface area contributed by atoms with Gasteiger partial charge in [0, 0.05) is 0 Å². The van der Waals surface area contributed by atoms with Gasteiger partial charge in [-0.25, -0.2) is 19.0 Å². The van der Waals surface area contributed by atoms with Crippen LogP contribution in [0, 0.1) is 0 Å². The summed E-state index contributed by atoms with van der Waals surface area (Å²) >= 11 is 0. The van der Waals surface area contributed by atoms with Crippen LogP contribution in [0.1, 0.15) is 43.4 Å². The average Bonchev–Trinajstić information content (AvgIpc) is 3.32. The van der Waals surface area contributed by atoms with E-state index in [1.807, 2.05) is 30.3 Å². The highest BCUT2D eigenvalue weighted by atomic mass is 31.1. The van der Waals surface area contributed by atoms with Gasteiger partial charge < -0.3 is 10.2 Å². The maximum absolute atomic E-state index is 14.2. The van der Waals surface area contributed by atoms with Crippen LogP contribution in [0.25, 0.3) is 10.8 Å². The molecule has 0 amide bonds. The molecule has 0 saturated carbocycles. The second kappa shape index (κ2) is 9.49. The van der Waals surface area contributed by atoms with E-state index in [4.69, 9.17) is 0 Å². The van der Waals surface area contributed by atoms with Gasteiger partial charge in [0.1, 0.15) is 11.6 Å². The number of benzene rings is 4. The SMILES string of the molecule is O=C(O)c1ccccc1[C@H]1n2c(=O)c3ccccc3c(=O)n2[C@H](c2ccccc2C(=O)O)P1c1ccccc1. The molecule has 0 spiro atoms. The molecule has 0 unspecified atom stereocenters. The molecule has 0 saturated heterocycles. The fourth-order valence-corrected chi connectivity index (χ4v) is 8.71. The van der Waals surface area contributed by atoms with Crippen LogP contribution in [-0.2, 0) is 0 Å². The maximum atomic E-state index is 14.2. The van der Waals surface area contributed by atoms with E-state index in [9.17, 15) is 29.4 Å². The van der Waals surface area contributed by atoms with Gasteiger partial charge in [-0.2, -0.15) is 0 Å². The quantitative estimate of drug-likeness (QED) is 0.320. The molecule has 4 aromatic carbocycles. The lowest BCUT2D eigenvalue weighted by molar-refractivity contribution is 0.0684. The normalized spacial score (nSPS) is 16.7. The van der Waals surface area contributed by atoms with E-state index in [1.54, 1.807) is 60.7 Å². The number of hydrogen-bond acceptors (Lipinski definition) is 4. The van der Waals surface area contributed by atoms with Crippen molar-refractivity contribution in [3.8, 4) is 0 Å². The van der Waals surface area contributed by atoms with Crippen LogP contribution >= 0.6 is 7.92 Å². The zero-order chi connectivity index (χ0) is 27.3. The molecule has 39 heavy (non-hydrogen) atoms. The first-order valence-electron chi connectivity index (χ1n) is 12.1. The highest BCUT2D eigenvalue weighted by Crippen LogP contribution is 2.65. The minimum Gasteiger partial charge on any atom is -0.478 e. The Labute approximate surface area is 222 Å². The van der Waals surface area contributed by atoms with Crippen LogP contribution in [0.2, 0.25) is 0 Å². The number of nitrogens with zero attached hydrogens (tertiary/aromatic N) is 2. The topological polar surface area (TPSA) is 119 Å². The molecule has 6 rings (SSSR count). The molecule has 2 heterocycles. The Morgan fingerprint density at radius 1 is 0.564 bits per heavy atom. The smallest absolute Gasteiger partial charge is 0.336 e. The summed E-state index contributed by atoms with van der Waals surface area (Å²) in [4.78, 5) is 53.1. The Morgan fingerprint density at radius 3 is 1.38 bits per heavy atom. The van der Waals surface area contributed by atoms with E-state index in [1.165, 1.54) is 21.5 Å². The predicted molar refractivity (Wildman–Crippen MR) is 149 cm³/mol. The number of aromatic carboxylic acids is 2. The van der Waals surface area contributed by atoms with Gasteiger partial charge in [-0.15, -0.1) is 0 Å². The van der Waals surface area contributed by atoms with Crippen molar-refractivity contribution in [2.75, 3.05) is 0 Å². The summed E-state index contributed by atoms with van der Waals surface area (Å²) in [6.45, 7) is 0. The molecule has 192 valence electrons. The molecule has 9 heteroatoms. The first-order chi connectivity index (χ1) is 18.9. The van der Waals surface area contributed by atoms with E-state index in [-0.39, 0.29) is 21.9 Å². The molecule has 0 aliphatic carbocycles. The van der Waals surface area contributed by atoms with Crippen molar-refractivity contribution in [2.24, 2.45) is 0 Å². The van der Waals surface area contributed by atoms with Crippen LogP contribution in [0.4, 0.5) is 0 Å². The summed E-state index contributed by atoms with van der Waals surface area (Å²) in [5.74, 6) is -4.03. The summed E-state index contributed by atoms with van der Waals surface area (Å²) in [6.07, 6.45) is 0. The molecule has 5 aromatic rings. The number of fused-ring (bicyclic) bond motifs is 2. The maximum Gasteiger partial charge on any atom is 0.336 e. The Balaban J connectivity index is 1.82. The molecular weight excluding hydrogens is 515 g/mol. The van der Waals surface area contributed by atoms with Gasteiger partial charge in [-0.3, -0.25) is 9.59 Å².